The third-order valence-electron chi connectivity index (χ3n) is 18.4. The number of benzene rings is 4. The average Bonchev–Trinajstić information content (AvgIpc) is 0.731. The van der Waals surface area contributed by atoms with Crippen LogP contribution in [0.15, 0.2) is 24.3 Å². The SMILES string of the molecule is CCCCN(Cc1c(OC(C)=O)c2cc(c1OC(C)=O)C(C)c1cc(c(OC(C)=O)c(CN(CCCC)C(=O)OC(C)(C)C)c1OC(C)=O)C(C)c1cc(c(OC(C)=O)c(CN(CCCC)C(=O)OC(C)(C)C)c1OC(C)=O)C(C)c1cc(c(OC(C)=O)c(CN(CCCC)C(=O)OC(C)(C)C)c1OC(C)=O)C2C)C(=O)OC(C)(C)C. The maximum absolute atomic E-state index is 15.0. The molecular formula is C88H124N4O24. The van der Waals surface area contributed by atoms with Crippen molar-refractivity contribution >= 4 is 72.1 Å². The number of carbonyl (C=O) groups is 12. The molecule has 5 rings (SSSR count). The number of rotatable bonds is 28. The Balaban J connectivity index is 2.53. The van der Waals surface area contributed by atoms with Gasteiger partial charge in [-0.3, -0.25) is 38.4 Å². The van der Waals surface area contributed by atoms with Crippen molar-refractivity contribution in [3.05, 3.63) is 91.0 Å². The minimum Gasteiger partial charge on any atom is -0.444 e. The lowest BCUT2D eigenvalue weighted by Crippen LogP contribution is -2.37. The number of carbonyl (C=O) groups excluding carboxylic acids is 12. The number of amides is 4. The smallest absolute Gasteiger partial charge is 0.410 e. The summed E-state index contributed by atoms with van der Waals surface area (Å²) >= 11 is 0. The van der Waals surface area contributed by atoms with Crippen LogP contribution in [0.4, 0.5) is 19.2 Å². The van der Waals surface area contributed by atoms with Crippen molar-refractivity contribution in [2.45, 2.75) is 317 Å². The van der Waals surface area contributed by atoms with E-state index in [0.717, 1.165) is 55.4 Å². The molecular weight excluding hydrogens is 1500 g/mol. The Morgan fingerprint density at radius 1 is 0.259 bits per heavy atom. The standard InChI is InChI=1S/C88H124N4O24/c1-29-33-37-89(81(101)113-85(17,18)19)45-69-73(105-53(9)93)61-41-62(74(69)106-54(10)94)50(6)64-43-66(78(110-58(14)98)71(76(64)108-56(12)96)47-91(39-35-31-3)83(103)115-87(23,24)25)52(8)68-44-67(79(111-59(15)99)72(80(68)112-60(16)100)48-92(40-36-32-4)84(104)116-88(26,27)28)51(7)65-42-63(49(61)5)75(107-55(11)95)70(77(65)109-57(13)97)46-90(38-34-30-2)82(102)114-86(20,21)22/h41-44,49-52H,29-40,45-48H2,1-28H3. The molecule has 28 nitrogen and oxygen atoms in total. The first-order chi connectivity index (χ1) is 53.8. The summed E-state index contributed by atoms with van der Waals surface area (Å²) < 4.78 is 76.5. The van der Waals surface area contributed by atoms with Crippen LogP contribution in [0.1, 0.15) is 336 Å². The fourth-order valence-corrected chi connectivity index (χ4v) is 13.3. The molecule has 0 N–H and O–H groups in total. The van der Waals surface area contributed by atoms with Gasteiger partial charge in [-0.05, 0) is 133 Å². The number of nitrogens with zero attached hydrogens (tertiary/aromatic N) is 4. The number of fused-ring (bicyclic) bond motifs is 8. The van der Waals surface area contributed by atoms with Crippen molar-refractivity contribution in [1.29, 1.82) is 0 Å². The molecule has 4 aromatic rings. The van der Waals surface area contributed by atoms with Crippen LogP contribution in [0.25, 0.3) is 0 Å². The van der Waals surface area contributed by atoms with Crippen molar-refractivity contribution in [3.63, 3.8) is 0 Å². The highest BCUT2D eigenvalue weighted by molar-refractivity contribution is 5.83. The summed E-state index contributed by atoms with van der Waals surface area (Å²) in [6, 6.07) is 6.26. The second-order valence-electron chi connectivity index (χ2n) is 33.4. The number of ether oxygens (including phenoxy) is 12. The maximum Gasteiger partial charge on any atom is 0.410 e. The molecule has 4 aromatic carbocycles. The van der Waals surface area contributed by atoms with Gasteiger partial charge >= 0.3 is 72.1 Å². The molecule has 0 fully saturated rings. The van der Waals surface area contributed by atoms with E-state index in [1.165, 1.54) is 19.6 Å². The zero-order valence-corrected chi connectivity index (χ0v) is 73.5. The van der Waals surface area contributed by atoms with Crippen molar-refractivity contribution in [2.75, 3.05) is 26.2 Å². The Morgan fingerprint density at radius 3 is 0.491 bits per heavy atom. The van der Waals surface area contributed by atoms with Crippen LogP contribution in [0.3, 0.4) is 0 Å². The van der Waals surface area contributed by atoms with Gasteiger partial charge < -0.3 is 76.4 Å². The number of esters is 8. The monoisotopic (exact) mass is 1620 g/mol. The first-order valence-corrected chi connectivity index (χ1v) is 39.9. The molecule has 0 saturated carbocycles. The second-order valence-corrected chi connectivity index (χ2v) is 33.4. The summed E-state index contributed by atoms with van der Waals surface area (Å²) in [5, 5.41) is 0. The molecule has 28 heteroatoms. The largest absolute Gasteiger partial charge is 0.444 e. The van der Waals surface area contributed by atoms with Crippen molar-refractivity contribution in [3.8, 4) is 46.0 Å². The van der Waals surface area contributed by atoms with Crippen LogP contribution < -0.4 is 37.9 Å². The summed E-state index contributed by atoms with van der Waals surface area (Å²) in [6.07, 6.45) is 0.423. The van der Waals surface area contributed by atoms with E-state index in [1.807, 2.05) is 27.7 Å². The zero-order valence-electron chi connectivity index (χ0n) is 73.5. The zero-order chi connectivity index (χ0) is 87.7. The van der Waals surface area contributed by atoms with E-state index < -0.39 is 144 Å². The van der Waals surface area contributed by atoms with Gasteiger partial charge in [-0.15, -0.1) is 0 Å². The first-order valence-electron chi connectivity index (χ1n) is 39.9. The van der Waals surface area contributed by atoms with E-state index >= 15 is 0 Å². The van der Waals surface area contributed by atoms with Crippen LogP contribution >= 0.6 is 0 Å². The number of unbranched alkanes of at least 4 members (excludes halogenated alkanes) is 4. The highest BCUT2D eigenvalue weighted by Gasteiger charge is 2.42. The van der Waals surface area contributed by atoms with Crippen LogP contribution in [-0.4, -0.2) is 140 Å². The van der Waals surface area contributed by atoms with Gasteiger partial charge in [-0.1, -0.05) is 81.1 Å². The molecule has 116 heavy (non-hydrogen) atoms. The molecule has 0 unspecified atom stereocenters. The maximum atomic E-state index is 15.0. The number of hydrogen-bond donors (Lipinski definition) is 0. The normalized spacial score (nSPS) is 14.7. The van der Waals surface area contributed by atoms with Gasteiger partial charge in [-0.25, -0.2) is 19.2 Å². The first kappa shape index (κ1) is 96.3. The van der Waals surface area contributed by atoms with E-state index in [-0.39, 0.29) is 139 Å². The fourth-order valence-electron chi connectivity index (χ4n) is 13.3. The van der Waals surface area contributed by atoms with Crippen molar-refractivity contribution in [2.24, 2.45) is 0 Å². The van der Waals surface area contributed by atoms with E-state index in [4.69, 9.17) is 56.8 Å². The Bertz CT molecular complexity index is 3610. The molecule has 0 aliphatic heterocycles. The minimum absolute atomic E-state index is 0.00933. The second kappa shape index (κ2) is 41.0. The van der Waals surface area contributed by atoms with E-state index in [0.29, 0.717) is 51.4 Å². The lowest BCUT2D eigenvalue weighted by atomic mass is 9.78. The van der Waals surface area contributed by atoms with Crippen LogP contribution in [0.2, 0.25) is 0 Å². The Morgan fingerprint density at radius 2 is 0.388 bits per heavy atom. The van der Waals surface area contributed by atoms with Gasteiger partial charge in [0, 0.05) is 150 Å². The Kier molecular flexibility index (Phi) is 34.1. The molecule has 1 aliphatic rings. The molecule has 4 amide bonds. The lowest BCUT2D eigenvalue weighted by molar-refractivity contribution is -0.133. The molecule has 0 atom stereocenters. The summed E-state index contributed by atoms with van der Waals surface area (Å²) in [7, 11) is 0. The summed E-state index contributed by atoms with van der Waals surface area (Å²) in [5.74, 6) is -14.9. The average molecular weight is 1620 g/mol. The third-order valence-corrected chi connectivity index (χ3v) is 18.4. The van der Waals surface area contributed by atoms with Gasteiger partial charge in [0.05, 0.1) is 48.4 Å². The van der Waals surface area contributed by atoms with Gasteiger partial charge in [-0.2, -0.15) is 0 Å². The van der Waals surface area contributed by atoms with Gasteiger partial charge in [0.1, 0.15) is 68.4 Å². The van der Waals surface area contributed by atoms with Crippen molar-refractivity contribution < 1.29 is 114 Å². The molecule has 0 heterocycles. The predicted octanol–water partition coefficient (Wildman–Crippen LogP) is 18.2. The topological polar surface area (TPSA) is 329 Å². The summed E-state index contributed by atoms with van der Waals surface area (Å²) in [6.45, 7) is 41.4. The van der Waals surface area contributed by atoms with E-state index in [2.05, 4.69) is 0 Å². The highest BCUT2D eigenvalue weighted by Crippen LogP contribution is 2.56. The van der Waals surface area contributed by atoms with Crippen LogP contribution in [0.5, 0.6) is 46.0 Å². The van der Waals surface area contributed by atoms with Gasteiger partial charge in [0.15, 0.2) is 0 Å². The molecule has 640 valence electrons. The predicted molar refractivity (Wildman–Crippen MR) is 433 cm³/mol. The lowest BCUT2D eigenvalue weighted by Gasteiger charge is -2.34. The van der Waals surface area contributed by atoms with Gasteiger partial charge in [0.25, 0.3) is 0 Å². The van der Waals surface area contributed by atoms with E-state index in [1.54, 1.807) is 135 Å². The van der Waals surface area contributed by atoms with Crippen LogP contribution in [-0.2, 0) is 83.5 Å². The minimum atomic E-state index is -1.33. The highest BCUT2D eigenvalue weighted by atomic mass is 16.6. The molecule has 0 aromatic heterocycles. The molecule has 0 saturated heterocycles. The summed E-state index contributed by atoms with van der Waals surface area (Å²) in [4.78, 5) is 180. The van der Waals surface area contributed by atoms with Crippen molar-refractivity contribution in [1.82, 2.24) is 19.6 Å². The summed E-state index contributed by atoms with van der Waals surface area (Å²) in [5.41, 5.74) is -4.38. The third kappa shape index (κ3) is 26.9. The fraction of sp³-hybridized carbons (Fsp3) is 0.591. The Labute approximate surface area is 683 Å². The number of hydrogen-bond acceptors (Lipinski definition) is 24. The van der Waals surface area contributed by atoms with Crippen LogP contribution in [0, 0.1) is 0 Å². The van der Waals surface area contributed by atoms with Gasteiger partial charge in [0.2, 0.25) is 0 Å². The molecule has 8 bridgehead atoms. The quantitative estimate of drug-likeness (QED) is 0.0290. The molecule has 0 spiro atoms. The van der Waals surface area contributed by atoms with E-state index in [9.17, 15) is 57.5 Å². The molecule has 1 aliphatic carbocycles. The Hall–Kier alpha value is -10.3. The molecule has 0 radical (unpaired) electrons.